The highest BCUT2D eigenvalue weighted by Crippen LogP contribution is 2.22. The molecule has 13 heavy (non-hydrogen) atoms. The predicted octanol–water partition coefficient (Wildman–Crippen LogP) is 0.293. The molecule has 0 unspecified atom stereocenters. The number of rotatable bonds is 3. The van der Waals surface area contributed by atoms with Crippen LogP contribution < -0.4 is 4.72 Å². The Labute approximate surface area is 78.8 Å². The van der Waals surface area contributed by atoms with Gasteiger partial charge in [0.2, 0.25) is 10.0 Å². The third-order valence-electron chi connectivity index (χ3n) is 2.35. The van der Waals surface area contributed by atoms with E-state index in [1.165, 1.54) is 6.26 Å². The van der Waals surface area contributed by atoms with Crippen LogP contribution in [0.1, 0.15) is 25.7 Å². The summed E-state index contributed by atoms with van der Waals surface area (Å²) in [6, 6.07) is 0.0335. The third kappa shape index (κ3) is 3.87. The van der Waals surface area contributed by atoms with E-state index in [1.807, 2.05) is 0 Å². The van der Waals surface area contributed by atoms with Crippen LogP contribution in [0, 0.1) is 5.92 Å². The highest BCUT2D eigenvalue weighted by Gasteiger charge is 2.22. The standard InChI is InChI=1S/C8H15NO3S/c1-13(11,12)9-8-4-2-7(6-10)3-5-8/h6-9H,2-5H2,1H3. The Bertz CT molecular complexity index is 265. The van der Waals surface area contributed by atoms with Crippen molar-refractivity contribution in [2.24, 2.45) is 5.92 Å². The molecule has 1 saturated carbocycles. The van der Waals surface area contributed by atoms with Crippen LogP contribution in [-0.4, -0.2) is 27.0 Å². The van der Waals surface area contributed by atoms with E-state index in [1.54, 1.807) is 0 Å². The lowest BCUT2D eigenvalue weighted by Gasteiger charge is -2.25. The molecule has 0 aromatic rings. The Morgan fingerprint density at radius 3 is 2.15 bits per heavy atom. The van der Waals surface area contributed by atoms with Gasteiger partial charge in [-0.2, -0.15) is 0 Å². The molecule has 76 valence electrons. The van der Waals surface area contributed by atoms with E-state index in [2.05, 4.69) is 4.72 Å². The first-order chi connectivity index (χ1) is 6.01. The smallest absolute Gasteiger partial charge is 0.208 e. The van der Waals surface area contributed by atoms with E-state index in [-0.39, 0.29) is 12.0 Å². The molecule has 0 spiro atoms. The highest BCUT2D eigenvalue weighted by atomic mass is 32.2. The minimum atomic E-state index is -3.09. The molecule has 1 fully saturated rings. The van der Waals surface area contributed by atoms with Crippen molar-refractivity contribution in [1.82, 2.24) is 4.72 Å². The fourth-order valence-electron chi connectivity index (χ4n) is 1.68. The molecule has 1 aliphatic rings. The van der Waals surface area contributed by atoms with Gasteiger partial charge in [0.25, 0.3) is 0 Å². The summed E-state index contributed by atoms with van der Waals surface area (Å²) in [5.74, 6) is 0.137. The van der Waals surface area contributed by atoms with Gasteiger partial charge in [-0.05, 0) is 25.7 Å². The second kappa shape index (κ2) is 4.19. The van der Waals surface area contributed by atoms with Crippen molar-refractivity contribution in [1.29, 1.82) is 0 Å². The van der Waals surface area contributed by atoms with E-state index in [0.29, 0.717) is 0 Å². The molecule has 1 N–H and O–H groups in total. The van der Waals surface area contributed by atoms with Crippen LogP contribution in [0.2, 0.25) is 0 Å². The largest absolute Gasteiger partial charge is 0.303 e. The van der Waals surface area contributed by atoms with Crippen molar-refractivity contribution >= 4 is 16.3 Å². The second-order valence-electron chi connectivity index (χ2n) is 3.64. The summed E-state index contributed by atoms with van der Waals surface area (Å²) in [7, 11) is -3.09. The maximum absolute atomic E-state index is 10.9. The summed E-state index contributed by atoms with van der Waals surface area (Å²) >= 11 is 0. The molecular formula is C8H15NO3S. The third-order valence-corrected chi connectivity index (χ3v) is 3.11. The SMILES string of the molecule is CS(=O)(=O)NC1CCC(C=O)CC1. The molecule has 4 nitrogen and oxygen atoms in total. The molecular weight excluding hydrogens is 190 g/mol. The number of nitrogens with one attached hydrogen (secondary N) is 1. The summed E-state index contributed by atoms with van der Waals surface area (Å²) in [5, 5.41) is 0. The van der Waals surface area contributed by atoms with Crippen LogP contribution in [0.25, 0.3) is 0 Å². The molecule has 0 bridgehead atoms. The van der Waals surface area contributed by atoms with Gasteiger partial charge < -0.3 is 4.79 Å². The van der Waals surface area contributed by atoms with Gasteiger partial charge >= 0.3 is 0 Å². The van der Waals surface area contributed by atoms with Crippen molar-refractivity contribution in [2.45, 2.75) is 31.7 Å². The van der Waals surface area contributed by atoms with Gasteiger partial charge in [0.1, 0.15) is 6.29 Å². The van der Waals surface area contributed by atoms with Gasteiger partial charge in [-0.1, -0.05) is 0 Å². The zero-order chi connectivity index (χ0) is 9.90. The number of hydrogen-bond acceptors (Lipinski definition) is 3. The lowest BCUT2D eigenvalue weighted by Crippen LogP contribution is -2.37. The first-order valence-electron chi connectivity index (χ1n) is 4.44. The Kier molecular flexibility index (Phi) is 3.44. The molecule has 0 aliphatic heterocycles. The normalized spacial score (nSPS) is 29.9. The number of sulfonamides is 1. The van der Waals surface area contributed by atoms with E-state index in [4.69, 9.17) is 0 Å². The topological polar surface area (TPSA) is 63.2 Å². The average Bonchev–Trinajstić information content (AvgIpc) is 2.03. The minimum Gasteiger partial charge on any atom is -0.303 e. The van der Waals surface area contributed by atoms with E-state index in [0.717, 1.165) is 32.0 Å². The summed E-state index contributed by atoms with van der Waals surface area (Å²) in [6.45, 7) is 0. The number of aldehydes is 1. The maximum Gasteiger partial charge on any atom is 0.208 e. The zero-order valence-electron chi connectivity index (χ0n) is 7.69. The maximum atomic E-state index is 10.9. The molecule has 0 aromatic heterocycles. The van der Waals surface area contributed by atoms with Crippen molar-refractivity contribution < 1.29 is 13.2 Å². The highest BCUT2D eigenvalue weighted by molar-refractivity contribution is 7.88. The van der Waals surface area contributed by atoms with E-state index >= 15 is 0 Å². The Hall–Kier alpha value is -0.420. The summed E-state index contributed by atoms with van der Waals surface area (Å²) in [4.78, 5) is 10.4. The molecule has 5 heteroatoms. The average molecular weight is 205 g/mol. The lowest BCUT2D eigenvalue weighted by molar-refractivity contribution is -0.111. The van der Waals surface area contributed by atoms with Gasteiger partial charge in [0, 0.05) is 12.0 Å². The molecule has 0 atom stereocenters. The van der Waals surface area contributed by atoms with Crippen LogP contribution in [0.15, 0.2) is 0 Å². The molecule has 1 rings (SSSR count). The molecule has 0 radical (unpaired) electrons. The van der Waals surface area contributed by atoms with Crippen molar-refractivity contribution in [3.63, 3.8) is 0 Å². The van der Waals surface area contributed by atoms with Gasteiger partial charge in [-0.15, -0.1) is 0 Å². The number of carbonyl (C=O) groups is 1. The zero-order valence-corrected chi connectivity index (χ0v) is 8.51. The van der Waals surface area contributed by atoms with Crippen LogP contribution >= 0.6 is 0 Å². The van der Waals surface area contributed by atoms with E-state index in [9.17, 15) is 13.2 Å². The Morgan fingerprint density at radius 2 is 1.77 bits per heavy atom. The van der Waals surface area contributed by atoms with Crippen LogP contribution in [0.3, 0.4) is 0 Å². The van der Waals surface area contributed by atoms with Gasteiger partial charge in [-0.25, -0.2) is 13.1 Å². The fraction of sp³-hybridized carbons (Fsp3) is 0.875. The van der Waals surface area contributed by atoms with Crippen molar-refractivity contribution in [3.8, 4) is 0 Å². The monoisotopic (exact) mass is 205 g/mol. The summed E-state index contributed by atoms with van der Waals surface area (Å²) in [5.41, 5.74) is 0. The quantitative estimate of drug-likeness (QED) is 0.674. The molecule has 1 aliphatic carbocycles. The van der Waals surface area contributed by atoms with Gasteiger partial charge in [0.05, 0.1) is 6.26 Å². The van der Waals surface area contributed by atoms with Crippen LogP contribution in [-0.2, 0) is 14.8 Å². The van der Waals surface area contributed by atoms with Crippen molar-refractivity contribution in [2.75, 3.05) is 6.26 Å². The van der Waals surface area contributed by atoms with E-state index < -0.39 is 10.0 Å². The predicted molar refractivity (Wildman–Crippen MR) is 49.8 cm³/mol. The minimum absolute atomic E-state index is 0.0335. The first-order valence-corrected chi connectivity index (χ1v) is 6.33. The fourth-order valence-corrected chi connectivity index (χ4v) is 2.52. The van der Waals surface area contributed by atoms with Gasteiger partial charge in [0.15, 0.2) is 0 Å². The molecule has 0 amide bonds. The Balaban J connectivity index is 2.37. The number of carbonyl (C=O) groups excluding carboxylic acids is 1. The van der Waals surface area contributed by atoms with Crippen LogP contribution in [0.5, 0.6) is 0 Å². The van der Waals surface area contributed by atoms with Crippen molar-refractivity contribution in [3.05, 3.63) is 0 Å². The lowest BCUT2D eigenvalue weighted by atomic mass is 9.87. The summed E-state index contributed by atoms with van der Waals surface area (Å²) in [6.07, 6.45) is 5.29. The first kappa shape index (κ1) is 10.7. The molecule has 0 aromatic carbocycles. The van der Waals surface area contributed by atoms with Crippen LogP contribution in [0.4, 0.5) is 0 Å². The number of hydrogen-bond donors (Lipinski definition) is 1. The second-order valence-corrected chi connectivity index (χ2v) is 5.42. The summed E-state index contributed by atoms with van der Waals surface area (Å²) < 4.78 is 24.3. The Morgan fingerprint density at radius 1 is 1.23 bits per heavy atom. The molecule has 0 heterocycles. The van der Waals surface area contributed by atoms with Gasteiger partial charge in [-0.3, -0.25) is 0 Å². The molecule has 0 saturated heterocycles.